The summed E-state index contributed by atoms with van der Waals surface area (Å²) in [6.45, 7) is 0.0810. The van der Waals surface area contributed by atoms with Gasteiger partial charge in [-0.05, 0) is 12.1 Å². The van der Waals surface area contributed by atoms with E-state index in [9.17, 15) is 9.59 Å². The van der Waals surface area contributed by atoms with Crippen molar-refractivity contribution in [2.45, 2.75) is 12.5 Å². The number of aliphatic carboxylic acids is 1. The van der Waals surface area contributed by atoms with Crippen molar-refractivity contribution in [3.8, 4) is 0 Å². The Bertz CT molecular complexity index is 436. The number of methoxy groups -OCH3 is 1. The second kappa shape index (κ2) is 6.55. The van der Waals surface area contributed by atoms with E-state index >= 15 is 0 Å². The molecule has 0 aromatic carbocycles. The van der Waals surface area contributed by atoms with Gasteiger partial charge in [0.05, 0.1) is 18.2 Å². The van der Waals surface area contributed by atoms with Gasteiger partial charge >= 0.3 is 5.97 Å². The molecular weight excluding hydrogens is 238 g/mol. The van der Waals surface area contributed by atoms with Crippen LogP contribution in [-0.2, 0) is 9.53 Å². The third-order valence-corrected chi connectivity index (χ3v) is 2.28. The number of carbonyl (C=O) groups excluding carboxylic acids is 1. The topological polar surface area (TPSA) is 115 Å². The molecule has 1 amide bonds. The van der Waals surface area contributed by atoms with Crippen LogP contribution in [0.2, 0.25) is 0 Å². The highest BCUT2D eigenvalue weighted by atomic mass is 16.5. The van der Waals surface area contributed by atoms with Gasteiger partial charge in [0, 0.05) is 19.9 Å². The maximum atomic E-state index is 11.7. The summed E-state index contributed by atoms with van der Waals surface area (Å²) in [6.07, 6.45) is 0.682. The quantitative estimate of drug-likeness (QED) is 0.651. The van der Waals surface area contributed by atoms with Gasteiger partial charge in [-0.1, -0.05) is 0 Å². The number of rotatable bonds is 6. The van der Waals surface area contributed by atoms with Crippen LogP contribution in [0.3, 0.4) is 0 Å². The molecule has 1 heterocycles. The fourth-order valence-electron chi connectivity index (χ4n) is 1.33. The Balaban J connectivity index is 2.55. The molecule has 1 aromatic rings. The van der Waals surface area contributed by atoms with Crippen LogP contribution in [0.1, 0.15) is 16.9 Å². The molecule has 1 aromatic heterocycles. The van der Waals surface area contributed by atoms with E-state index in [2.05, 4.69) is 10.3 Å². The Hall–Kier alpha value is -2.15. The third kappa shape index (κ3) is 4.02. The van der Waals surface area contributed by atoms with Gasteiger partial charge in [0.15, 0.2) is 5.69 Å². The fraction of sp³-hybridized carbons (Fsp3) is 0.364. The highest BCUT2D eigenvalue weighted by Crippen LogP contribution is 2.06. The van der Waals surface area contributed by atoms with Crippen LogP contribution in [0.25, 0.3) is 0 Å². The number of carboxylic acids is 1. The van der Waals surface area contributed by atoms with Gasteiger partial charge in [-0.15, -0.1) is 0 Å². The summed E-state index contributed by atoms with van der Waals surface area (Å²) in [5.74, 6) is -1.45. The zero-order valence-electron chi connectivity index (χ0n) is 9.92. The van der Waals surface area contributed by atoms with E-state index in [-0.39, 0.29) is 24.3 Å². The van der Waals surface area contributed by atoms with Gasteiger partial charge in [0.2, 0.25) is 0 Å². The molecular formula is C11H15N3O4. The lowest BCUT2D eigenvalue weighted by atomic mass is 10.2. The second-order valence-electron chi connectivity index (χ2n) is 3.61. The lowest BCUT2D eigenvalue weighted by Crippen LogP contribution is -2.35. The maximum Gasteiger partial charge on any atom is 0.306 e. The number of amides is 1. The molecule has 1 rings (SSSR count). The largest absolute Gasteiger partial charge is 0.481 e. The number of carboxylic acid groups (broad SMARTS) is 1. The molecule has 0 spiro atoms. The number of ether oxygens (including phenoxy) is 1. The first-order valence-corrected chi connectivity index (χ1v) is 5.28. The minimum Gasteiger partial charge on any atom is -0.481 e. The van der Waals surface area contributed by atoms with Crippen LogP contribution in [0.4, 0.5) is 5.69 Å². The second-order valence-corrected chi connectivity index (χ2v) is 3.61. The van der Waals surface area contributed by atoms with Crippen molar-refractivity contribution in [1.82, 2.24) is 10.3 Å². The molecule has 0 aliphatic heterocycles. The van der Waals surface area contributed by atoms with Gasteiger partial charge in [0.25, 0.3) is 5.91 Å². The number of nitrogens with two attached hydrogens (primary N) is 1. The minimum atomic E-state index is -0.992. The maximum absolute atomic E-state index is 11.7. The Morgan fingerprint density at radius 2 is 2.33 bits per heavy atom. The van der Waals surface area contributed by atoms with Crippen molar-refractivity contribution in [3.63, 3.8) is 0 Å². The Labute approximate surface area is 104 Å². The summed E-state index contributed by atoms with van der Waals surface area (Å²) in [5.41, 5.74) is 5.97. The molecule has 0 aliphatic rings. The molecule has 1 atom stereocenters. The molecule has 4 N–H and O–H groups in total. The lowest BCUT2D eigenvalue weighted by molar-refractivity contribution is -0.139. The molecule has 0 aliphatic carbocycles. The van der Waals surface area contributed by atoms with E-state index in [1.807, 2.05) is 0 Å². The van der Waals surface area contributed by atoms with Gasteiger partial charge < -0.3 is 20.9 Å². The molecule has 0 bridgehead atoms. The number of nitrogens with zero attached hydrogens (tertiary/aromatic N) is 1. The molecule has 0 saturated heterocycles. The van der Waals surface area contributed by atoms with Crippen LogP contribution in [-0.4, -0.2) is 41.7 Å². The number of aromatic nitrogens is 1. The number of carbonyl (C=O) groups is 2. The average molecular weight is 253 g/mol. The Kier molecular flexibility index (Phi) is 5.06. The standard InChI is InChI=1S/C11H15N3O4/c1-18-7(5-9(15)16)6-14-11(17)10-8(12)3-2-4-13-10/h2-4,7H,5-6,12H2,1H3,(H,14,17)(H,15,16). The first-order valence-electron chi connectivity index (χ1n) is 5.28. The van der Waals surface area contributed by atoms with E-state index < -0.39 is 18.0 Å². The lowest BCUT2D eigenvalue weighted by Gasteiger charge is -2.14. The van der Waals surface area contributed by atoms with Crippen molar-refractivity contribution in [2.75, 3.05) is 19.4 Å². The number of hydrogen-bond acceptors (Lipinski definition) is 5. The number of nitrogens with one attached hydrogen (secondary N) is 1. The number of pyridine rings is 1. The summed E-state index contributed by atoms with van der Waals surface area (Å²) in [6, 6.07) is 3.18. The Morgan fingerprint density at radius 3 is 2.89 bits per heavy atom. The predicted molar refractivity (Wildman–Crippen MR) is 64.0 cm³/mol. The fourth-order valence-corrected chi connectivity index (χ4v) is 1.33. The van der Waals surface area contributed by atoms with Crippen molar-refractivity contribution < 1.29 is 19.4 Å². The monoisotopic (exact) mass is 253 g/mol. The van der Waals surface area contributed by atoms with Crippen molar-refractivity contribution in [2.24, 2.45) is 0 Å². The summed E-state index contributed by atoms with van der Waals surface area (Å²) in [7, 11) is 1.38. The van der Waals surface area contributed by atoms with Crippen molar-refractivity contribution in [1.29, 1.82) is 0 Å². The number of hydrogen-bond donors (Lipinski definition) is 3. The van der Waals surface area contributed by atoms with Gasteiger partial charge in [-0.25, -0.2) is 4.98 Å². The van der Waals surface area contributed by atoms with Crippen LogP contribution in [0, 0.1) is 0 Å². The van der Waals surface area contributed by atoms with E-state index in [1.54, 1.807) is 12.1 Å². The molecule has 18 heavy (non-hydrogen) atoms. The highest BCUT2D eigenvalue weighted by Gasteiger charge is 2.16. The van der Waals surface area contributed by atoms with Crippen LogP contribution in [0.5, 0.6) is 0 Å². The molecule has 7 heteroatoms. The van der Waals surface area contributed by atoms with Crippen LogP contribution in [0.15, 0.2) is 18.3 Å². The number of anilines is 1. The predicted octanol–water partition coefficient (Wildman–Crippen LogP) is -0.117. The first kappa shape index (κ1) is 13.9. The molecule has 7 nitrogen and oxygen atoms in total. The first-order chi connectivity index (χ1) is 8.54. The average Bonchev–Trinajstić information content (AvgIpc) is 2.34. The van der Waals surface area contributed by atoms with E-state index in [1.165, 1.54) is 13.3 Å². The molecule has 0 saturated carbocycles. The van der Waals surface area contributed by atoms with Gasteiger partial charge in [-0.3, -0.25) is 9.59 Å². The SMILES string of the molecule is COC(CNC(=O)c1ncccc1N)CC(=O)O. The van der Waals surface area contributed by atoms with E-state index in [0.717, 1.165) is 0 Å². The third-order valence-electron chi connectivity index (χ3n) is 2.28. The van der Waals surface area contributed by atoms with Crippen LogP contribution >= 0.6 is 0 Å². The Morgan fingerprint density at radius 1 is 1.61 bits per heavy atom. The zero-order chi connectivity index (χ0) is 13.5. The molecule has 0 fully saturated rings. The molecule has 0 radical (unpaired) electrons. The van der Waals surface area contributed by atoms with Crippen molar-refractivity contribution in [3.05, 3.63) is 24.0 Å². The highest BCUT2D eigenvalue weighted by molar-refractivity contribution is 5.97. The van der Waals surface area contributed by atoms with Gasteiger partial charge in [0.1, 0.15) is 0 Å². The van der Waals surface area contributed by atoms with Crippen molar-refractivity contribution >= 4 is 17.6 Å². The minimum absolute atomic E-state index is 0.0810. The normalized spacial score (nSPS) is 11.8. The summed E-state index contributed by atoms with van der Waals surface area (Å²) < 4.78 is 4.93. The molecule has 1 unspecified atom stereocenters. The smallest absolute Gasteiger partial charge is 0.306 e. The number of nitrogen functional groups attached to an aromatic ring is 1. The summed E-state index contributed by atoms with van der Waals surface area (Å²) in [5, 5.41) is 11.1. The summed E-state index contributed by atoms with van der Waals surface area (Å²) >= 11 is 0. The van der Waals surface area contributed by atoms with E-state index in [4.69, 9.17) is 15.6 Å². The van der Waals surface area contributed by atoms with E-state index in [0.29, 0.717) is 0 Å². The van der Waals surface area contributed by atoms with Crippen LogP contribution < -0.4 is 11.1 Å². The zero-order valence-corrected chi connectivity index (χ0v) is 9.92. The molecule has 98 valence electrons. The van der Waals surface area contributed by atoms with Gasteiger partial charge in [-0.2, -0.15) is 0 Å². The summed E-state index contributed by atoms with van der Waals surface area (Å²) in [4.78, 5) is 26.1.